The van der Waals surface area contributed by atoms with Crippen molar-refractivity contribution < 1.29 is 9.59 Å². The van der Waals surface area contributed by atoms with Crippen LogP contribution in [0.3, 0.4) is 0 Å². The Morgan fingerprint density at radius 3 is 2.60 bits per heavy atom. The molecule has 0 aromatic carbocycles. The molecule has 1 aliphatic heterocycles. The van der Waals surface area contributed by atoms with E-state index in [0.29, 0.717) is 6.54 Å². The zero-order valence-corrected chi connectivity index (χ0v) is 9.84. The van der Waals surface area contributed by atoms with Gasteiger partial charge in [0.2, 0.25) is 11.8 Å². The van der Waals surface area contributed by atoms with Crippen molar-refractivity contribution in [3.63, 3.8) is 0 Å². The van der Waals surface area contributed by atoms with Gasteiger partial charge in [0.05, 0.1) is 6.04 Å². The van der Waals surface area contributed by atoms with Gasteiger partial charge in [0, 0.05) is 13.6 Å². The second-order valence-electron chi connectivity index (χ2n) is 3.59. The number of carbonyl (C=O) groups is 2. The van der Waals surface area contributed by atoms with Gasteiger partial charge in [0.1, 0.15) is 6.04 Å². The van der Waals surface area contributed by atoms with E-state index in [-0.39, 0.29) is 30.3 Å². The van der Waals surface area contributed by atoms with Gasteiger partial charge in [-0.15, -0.1) is 12.4 Å². The number of amides is 2. The molecule has 0 bridgehead atoms. The monoisotopic (exact) mass is 235 g/mol. The highest BCUT2D eigenvalue weighted by molar-refractivity contribution is 5.89. The van der Waals surface area contributed by atoms with Crippen molar-refractivity contribution in [1.82, 2.24) is 10.2 Å². The van der Waals surface area contributed by atoms with Crippen LogP contribution in [0.25, 0.3) is 0 Å². The molecule has 0 spiro atoms. The molecule has 3 N–H and O–H groups in total. The average molecular weight is 236 g/mol. The smallest absolute Gasteiger partial charge is 0.242 e. The van der Waals surface area contributed by atoms with Crippen LogP contribution < -0.4 is 11.1 Å². The Morgan fingerprint density at radius 1 is 1.53 bits per heavy atom. The highest BCUT2D eigenvalue weighted by Crippen LogP contribution is 2.17. The molecule has 15 heavy (non-hydrogen) atoms. The van der Waals surface area contributed by atoms with E-state index in [0.717, 1.165) is 12.8 Å². The Labute approximate surface area is 95.8 Å². The molecule has 1 rings (SSSR count). The number of nitrogens with two attached hydrogens (primary N) is 1. The molecule has 2 atom stereocenters. The minimum atomic E-state index is -0.528. The van der Waals surface area contributed by atoms with Crippen LogP contribution in [0.5, 0.6) is 0 Å². The van der Waals surface area contributed by atoms with Gasteiger partial charge in [0.15, 0.2) is 0 Å². The van der Waals surface area contributed by atoms with E-state index in [1.54, 1.807) is 18.9 Å². The van der Waals surface area contributed by atoms with Crippen molar-refractivity contribution in [3.8, 4) is 0 Å². The fraction of sp³-hybridized carbons (Fsp3) is 0.778. The third-order valence-corrected chi connectivity index (χ3v) is 2.47. The number of nitrogens with one attached hydrogen (secondary N) is 1. The molecular weight excluding hydrogens is 218 g/mol. The van der Waals surface area contributed by atoms with Crippen LogP contribution in [0.15, 0.2) is 0 Å². The van der Waals surface area contributed by atoms with Crippen LogP contribution in [-0.4, -0.2) is 42.4 Å². The van der Waals surface area contributed by atoms with E-state index >= 15 is 0 Å². The lowest BCUT2D eigenvalue weighted by Crippen LogP contribution is -2.49. The Morgan fingerprint density at radius 2 is 2.13 bits per heavy atom. The van der Waals surface area contributed by atoms with Crippen molar-refractivity contribution in [2.45, 2.75) is 31.8 Å². The third-order valence-electron chi connectivity index (χ3n) is 2.47. The van der Waals surface area contributed by atoms with Crippen molar-refractivity contribution in [3.05, 3.63) is 0 Å². The van der Waals surface area contributed by atoms with Crippen LogP contribution in [0.1, 0.15) is 19.8 Å². The third kappa shape index (κ3) is 3.07. The molecular formula is C9H18ClN3O2. The Kier molecular flexibility index (Phi) is 5.60. The molecule has 0 aromatic heterocycles. The Hall–Kier alpha value is -0.810. The standard InChI is InChI=1S/C9H17N3O2.ClH/c1-6(10)9(14)12-5-3-4-7(12)8(13)11-2;/h6-7H,3-5,10H2,1-2H3,(H,11,13);1H/t6?,7-;/m0./s1. The van der Waals surface area contributed by atoms with Crippen LogP contribution in [0, 0.1) is 0 Å². The number of hydrogen-bond acceptors (Lipinski definition) is 3. The van der Waals surface area contributed by atoms with Crippen molar-refractivity contribution in [2.24, 2.45) is 5.73 Å². The molecule has 0 radical (unpaired) electrons. The molecule has 0 saturated carbocycles. The molecule has 1 saturated heterocycles. The van der Waals surface area contributed by atoms with Gasteiger partial charge in [-0.2, -0.15) is 0 Å². The number of nitrogens with zero attached hydrogens (tertiary/aromatic N) is 1. The summed E-state index contributed by atoms with van der Waals surface area (Å²) >= 11 is 0. The first-order chi connectivity index (χ1) is 6.57. The van der Waals surface area contributed by atoms with E-state index in [9.17, 15) is 9.59 Å². The van der Waals surface area contributed by atoms with E-state index in [1.165, 1.54) is 0 Å². The van der Waals surface area contributed by atoms with E-state index < -0.39 is 6.04 Å². The van der Waals surface area contributed by atoms with Gasteiger partial charge in [0.25, 0.3) is 0 Å². The lowest BCUT2D eigenvalue weighted by atomic mass is 10.2. The molecule has 88 valence electrons. The van der Waals surface area contributed by atoms with Crippen LogP contribution in [-0.2, 0) is 9.59 Å². The second-order valence-corrected chi connectivity index (χ2v) is 3.59. The van der Waals surface area contributed by atoms with Crippen molar-refractivity contribution in [1.29, 1.82) is 0 Å². The molecule has 1 fully saturated rings. The van der Waals surface area contributed by atoms with Gasteiger partial charge < -0.3 is 16.0 Å². The first-order valence-corrected chi connectivity index (χ1v) is 4.85. The fourth-order valence-corrected chi connectivity index (χ4v) is 1.73. The maximum Gasteiger partial charge on any atom is 0.242 e. The zero-order valence-electron chi connectivity index (χ0n) is 9.03. The highest BCUT2D eigenvalue weighted by Gasteiger charge is 2.34. The normalized spacial score (nSPS) is 21.8. The summed E-state index contributed by atoms with van der Waals surface area (Å²) in [5.41, 5.74) is 5.50. The summed E-state index contributed by atoms with van der Waals surface area (Å²) in [4.78, 5) is 24.6. The number of halogens is 1. The predicted molar refractivity (Wildman–Crippen MR) is 59.7 cm³/mol. The first-order valence-electron chi connectivity index (χ1n) is 4.85. The molecule has 5 nitrogen and oxygen atoms in total. The molecule has 0 aliphatic carbocycles. The first kappa shape index (κ1) is 14.2. The lowest BCUT2D eigenvalue weighted by molar-refractivity contribution is -0.138. The number of carbonyl (C=O) groups excluding carboxylic acids is 2. The summed E-state index contributed by atoms with van der Waals surface area (Å²) < 4.78 is 0. The summed E-state index contributed by atoms with van der Waals surface area (Å²) in [5, 5.41) is 2.56. The topological polar surface area (TPSA) is 75.4 Å². The van der Waals surface area contributed by atoms with E-state index in [4.69, 9.17) is 5.73 Å². The van der Waals surface area contributed by atoms with Gasteiger partial charge >= 0.3 is 0 Å². The molecule has 6 heteroatoms. The molecule has 1 aliphatic rings. The van der Waals surface area contributed by atoms with Crippen molar-refractivity contribution in [2.75, 3.05) is 13.6 Å². The summed E-state index contributed by atoms with van der Waals surface area (Å²) in [7, 11) is 1.58. The lowest BCUT2D eigenvalue weighted by Gasteiger charge is -2.24. The SMILES string of the molecule is CNC(=O)[C@@H]1CCCN1C(=O)C(C)N.Cl. The number of hydrogen-bond donors (Lipinski definition) is 2. The Bertz CT molecular complexity index is 246. The second kappa shape index (κ2) is 5.92. The Balaban J connectivity index is 0.00000196. The van der Waals surface area contributed by atoms with Crippen molar-refractivity contribution >= 4 is 24.2 Å². The predicted octanol–water partition coefficient (Wildman–Crippen LogP) is -0.508. The maximum absolute atomic E-state index is 11.6. The molecule has 1 heterocycles. The summed E-state index contributed by atoms with van der Waals surface area (Å²) in [6.07, 6.45) is 1.61. The molecule has 2 amide bonds. The minimum absolute atomic E-state index is 0. The molecule has 1 unspecified atom stereocenters. The summed E-state index contributed by atoms with van der Waals surface area (Å²) in [5.74, 6) is -0.243. The number of rotatable bonds is 2. The summed E-state index contributed by atoms with van der Waals surface area (Å²) in [6, 6.07) is -0.848. The minimum Gasteiger partial charge on any atom is -0.357 e. The van der Waals surface area contributed by atoms with Gasteiger partial charge in [-0.1, -0.05) is 0 Å². The summed E-state index contributed by atoms with van der Waals surface area (Å²) in [6.45, 7) is 2.28. The van der Waals surface area contributed by atoms with Gasteiger partial charge in [-0.25, -0.2) is 0 Å². The fourth-order valence-electron chi connectivity index (χ4n) is 1.73. The van der Waals surface area contributed by atoms with Gasteiger partial charge in [-0.05, 0) is 19.8 Å². The van der Waals surface area contributed by atoms with E-state index in [2.05, 4.69) is 5.32 Å². The number of likely N-dealkylation sites (N-methyl/N-ethyl adjacent to an activating group) is 1. The molecule has 0 aromatic rings. The largest absolute Gasteiger partial charge is 0.357 e. The maximum atomic E-state index is 11.6. The van der Waals surface area contributed by atoms with Gasteiger partial charge in [-0.3, -0.25) is 9.59 Å². The van der Waals surface area contributed by atoms with E-state index in [1.807, 2.05) is 0 Å². The van der Waals surface area contributed by atoms with Crippen LogP contribution in [0.2, 0.25) is 0 Å². The zero-order chi connectivity index (χ0) is 10.7. The van der Waals surface area contributed by atoms with Crippen LogP contribution in [0.4, 0.5) is 0 Å². The quantitative estimate of drug-likeness (QED) is 0.677. The number of likely N-dealkylation sites (tertiary alicyclic amines) is 1. The average Bonchev–Trinajstić information content (AvgIpc) is 2.63. The highest BCUT2D eigenvalue weighted by atomic mass is 35.5. The van der Waals surface area contributed by atoms with Crippen LogP contribution >= 0.6 is 12.4 Å².